The zero-order valence-electron chi connectivity index (χ0n) is 13.3. The number of carbonyl (C=O) groups is 2. The predicted octanol–water partition coefficient (Wildman–Crippen LogP) is 1.87. The Morgan fingerprint density at radius 2 is 2.13 bits per heavy atom. The van der Waals surface area contributed by atoms with Gasteiger partial charge in [0.1, 0.15) is 12.2 Å². The van der Waals surface area contributed by atoms with Crippen LogP contribution in [0.1, 0.15) is 25.3 Å². The highest BCUT2D eigenvalue weighted by Crippen LogP contribution is 2.22. The third-order valence-electron chi connectivity index (χ3n) is 4.26. The van der Waals surface area contributed by atoms with Crippen LogP contribution in [0.5, 0.6) is 0 Å². The molecule has 0 aliphatic carbocycles. The Bertz CT molecular complexity index is 566. The van der Waals surface area contributed by atoms with E-state index in [0.29, 0.717) is 19.7 Å². The Morgan fingerprint density at radius 3 is 2.78 bits per heavy atom. The van der Waals surface area contributed by atoms with Crippen LogP contribution in [-0.2, 0) is 20.7 Å². The van der Waals surface area contributed by atoms with Gasteiger partial charge < -0.3 is 14.8 Å². The summed E-state index contributed by atoms with van der Waals surface area (Å²) in [4.78, 5) is 25.5. The van der Waals surface area contributed by atoms with Crippen LogP contribution >= 0.6 is 0 Å². The average Bonchev–Trinajstić information content (AvgIpc) is 3.22. The van der Waals surface area contributed by atoms with Crippen LogP contribution in [0.3, 0.4) is 0 Å². The molecule has 2 unspecified atom stereocenters. The quantitative estimate of drug-likeness (QED) is 0.900. The van der Waals surface area contributed by atoms with Crippen molar-refractivity contribution < 1.29 is 19.1 Å². The molecule has 0 radical (unpaired) electrons. The van der Waals surface area contributed by atoms with Crippen molar-refractivity contribution in [2.24, 2.45) is 0 Å². The second-order valence-corrected chi connectivity index (χ2v) is 5.88. The van der Waals surface area contributed by atoms with Crippen LogP contribution < -0.4 is 10.2 Å². The molecule has 2 saturated heterocycles. The lowest BCUT2D eigenvalue weighted by atomic mass is 10.1. The van der Waals surface area contributed by atoms with E-state index in [1.165, 1.54) is 5.56 Å². The summed E-state index contributed by atoms with van der Waals surface area (Å²) in [6.07, 6.45) is 1.57. The molecule has 6 nitrogen and oxygen atoms in total. The minimum Gasteiger partial charge on any atom is -0.442 e. The number of nitrogens with zero attached hydrogens (tertiary/aromatic N) is 1. The smallest absolute Gasteiger partial charge is 0.414 e. The Balaban J connectivity index is 1.53. The molecule has 6 heteroatoms. The number of rotatable bonds is 5. The van der Waals surface area contributed by atoms with Crippen molar-refractivity contribution in [1.29, 1.82) is 0 Å². The molecular weight excluding hydrogens is 296 g/mol. The number of amides is 2. The molecule has 1 aromatic rings. The standard InChI is InChI=1S/C17H22N2O4/c1-2-12-5-7-13(8-6-12)19-11-14(23-17(19)21)10-18-16(20)15-4-3-9-22-15/h5-8,14-15H,2-4,9-11H2,1H3,(H,18,20). The molecule has 0 saturated carbocycles. The van der Waals surface area contributed by atoms with Gasteiger partial charge in [0, 0.05) is 12.3 Å². The van der Waals surface area contributed by atoms with Crippen molar-refractivity contribution in [2.75, 3.05) is 24.6 Å². The van der Waals surface area contributed by atoms with Crippen molar-refractivity contribution >= 4 is 17.7 Å². The molecule has 1 aromatic carbocycles. The summed E-state index contributed by atoms with van der Waals surface area (Å²) in [5.41, 5.74) is 2.04. The summed E-state index contributed by atoms with van der Waals surface area (Å²) < 4.78 is 10.7. The monoisotopic (exact) mass is 318 g/mol. The number of anilines is 1. The van der Waals surface area contributed by atoms with Crippen molar-refractivity contribution in [1.82, 2.24) is 5.32 Å². The molecule has 124 valence electrons. The number of ether oxygens (including phenoxy) is 2. The summed E-state index contributed by atoms with van der Waals surface area (Å²) in [6, 6.07) is 7.87. The van der Waals surface area contributed by atoms with Gasteiger partial charge in [-0.3, -0.25) is 9.69 Å². The van der Waals surface area contributed by atoms with Crippen LogP contribution in [0.4, 0.5) is 10.5 Å². The van der Waals surface area contributed by atoms with Gasteiger partial charge in [0.05, 0.1) is 13.1 Å². The maximum atomic E-state index is 12.0. The van der Waals surface area contributed by atoms with Crippen LogP contribution in [0.25, 0.3) is 0 Å². The molecule has 2 fully saturated rings. The first kappa shape index (κ1) is 15.8. The van der Waals surface area contributed by atoms with Crippen molar-refractivity contribution in [3.8, 4) is 0 Å². The molecule has 1 N–H and O–H groups in total. The van der Waals surface area contributed by atoms with E-state index in [4.69, 9.17) is 9.47 Å². The number of hydrogen-bond donors (Lipinski definition) is 1. The Kier molecular flexibility index (Phi) is 4.81. The second-order valence-electron chi connectivity index (χ2n) is 5.88. The molecule has 2 aliphatic rings. The number of benzene rings is 1. The molecule has 0 aromatic heterocycles. The highest BCUT2D eigenvalue weighted by atomic mass is 16.6. The van der Waals surface area contributed by atoms with Gasteiger partial charge >= 0.3 is 6.09 Å². The van der Waals surface area contributed by atoms with Crippen LogP contribution in [0, 0.1) is 0 Å². The lowest BCUT2D eigenvalue weighted by molar-refractivity contribution is -0.130. The van der Waals surface area contributed by atoms with Gasteiger partial charge in [0.15, 0.2) is 0 Å². The van der Waals surface area contributed by atoms with Crippen molar-refractivity contribution in [3.05, 3.63) is 29.8 Å². The van der Waals surface area contributed by atoms with Gasteiger partial charge in [-0.1, -0.05) is 19.1 Å². The Hall–Kier alpha value is -2.08. The number of aryl methyl sites for hydroxylation is 1. The average molecular weight is 318 g/mol. The van der Waals surface area contributed by atoms with Crippen LogP contribution in [0.15, 0.2) is 24.3 Å². The number of hydrogen-bond acceptors (Lipinski definition) is 4. The summed E-state index contributed by atoms with van der Waals surface area (Å²) >= 11 is 0. The lowest BCUT2D eigenvalue weighted by Gasteiger charge is -2.14. The van der Waals surface area contributed by atoms with Crippen molar-refractivity contribution in [2.45, 2.75) is 38.4 Å². The Morgan fingerprint density at radius 1 is 1.35 bits per heavy atom. The summed E-state index contributed by atoms with van der Waals surface area (Å²) in [6.45, 7) is 3.48. The van der Waals surface area contributed by atoms with E-state index in [1.54, 1.807) is 4.90 Å². The van der Waals surface area contributed by atoms with E-state index >= 15 is 0 Å². The van der Waals surface area contributed by atoms with Gasteiger partial charge in [-0.2, -0.15) is 0 Å². The van der Waals surface area contributed by atoms with Gasteiger partial charge in [0.25, 0.3) is 0 Å². The van der Waals surface area contributed by atoms with Gasteiger partial charge in [0.2, 0.25) is 5.91 Å². The van der Waals surface area contributed by atoms with E-state index in [-0.39, 0.29) is 24.2 Å². The van der Waals surface area contributed by atoms with Crippen molar-refractivity contribution in [3.63, 3.8) is 0 Å². The summed E-state index contributed by atoms with van der Waals surface area (Å²) in [5, 5.41) is 2.81. The lowest BCUT2D eigenvalue weighted by Crippen LogP contribution is -2.40. The molecular formula is C17H22N2O4. The van der Waals surface area contributed by atoms with Gasteiger partial charge in [-0.05, 0) is 37.0 Å². The minimum absolute atomic E-state index is 0.121. The largest absolute Gasteiger partial charge is 0.442 e. The number of nitrogens with one attached hydrogen (secondary N) is 1. The second kappa shape index (κ2) is 7.00. The number of cyclic esters (lactones) is 1. The van der Waals surface area contributed by atoms with Gasteiger partial charge in [-0.25, -0.2) is 4.79 Å². The number of carbonyl (C=O) groups excluding carboxylic acids is 2. The van der Waals surface area contributed by atoms with E-state index in [1.807, 2.05) is 24.3 Å². The maximum Gasteiger partial charge on any atom is 0.414 e. The Labute approximate surface area is 135 Å². The molecule has 0 spiro atoms. The maximum absolute atomic E-state index is 12.0. The molecule has 2 heterocycles. The molecule has 2 aliphatic heterocycles. The first-order chi connectivity index (χ1) is 11.2. The fourth-order valence-corrected chi connectivity index (χ4v) is 2.86. The third-order valence-corrected chi connectivity index (χ3v) is 4.26. The van der Waals surface area contributed by atoms with Gasteiger partial charge in [-0.15, -0.1) is 0 Å². The zero-order valence-corrected chi connectivity index (χ0v) is 13.3. The predicted molar refractivity (Wildman–Crippen MR) is 85.4 cm³/mol. The topological polar surface area (TPSA) is 67.9 Å². The zero-order chi connectivity index (χ0) is 16.2. The van der Waals surface area contributed by atoms with E-state index < -0.39 is 0 Å². The van der Waals surface area contributed by atoms with Crippen LogP contribution in [0.2, 0.25) is 0 Å². The minimum atomic E-state index is -0.370. The highest BCUT2D eigenvalue weighted by Gasteiger charge is 2.33. The first-order valence-electron chi connectivity index (χ1n) is 8.13. The summed E-state index contributed by atoms with van der Waals surface area (Å²) in [7, 11) is 0. The summed E-state index contributed by atoms with van der Waals surface area (Å²) in [5.74, 6) is -0.121. The molecule has 2 atom stereocenters. The molecule has 0 bridgehead atoms. The normalized spacial score (nSPS) is 23.9. The van der Waals surface area contributed by atoms with E-state index in [9.17, 15) is 9.59 Å². The molecule has 23 heavy (non-hydrogen) atoms. The SMILES string of the molecule is CCc1ccc(N2CC(CNC(=O)C3CCCO3)OC2=O)cc1. The molecule has 2 amide bonds. The van der Waals surface area contributed by atoms with E-state index in [0.717, 1.165) is 24.9 Å². The molecule has 3 rings (SSSR count). The fraction of sp³-hybridized carbons (Fsp3) is 0.529. The van der Waals surface area contributed by atoms with Crippen LogP contribution in [-0.4, -0.2) is 43.9 Å². The van der Waals surface area contributed by atoms with E-state index in [2.05, 4.69) is 12.2 Å². The fourth-order valence-electron chi connectivity index (χ4n) is 2.86. The highest BCUT2D eigenvalue weighted by molar-refractivity contribution is 5.89. The third kappa shape index (κ3) is 3.64. The first-order valence-corrected chi connectivity index (χ1v) is 8.13.